The molecule has 0 aromatic rings. The van der Waals surface area contributed by atoms with E-state index in [1.165, 1.54) is 0 Å². The Kier molecular flexibility index (Phi) is 20.1. The van der Waals surface area contributed by atoms with Gasteiger partial charge in [-0.2, -0.15) is 0 Å². The molecule has 0 spiro atoms. The summed E-state index contributed by atoms with van der Waals surface area (Å²) in [5.41, 5.74) is 0. The number of rotatable bonds is 12. The molecule has 10 N–H and O–H groups in total. The van der Waals surface area contributed by atoms with Crippen LogP contribution < -0.4 is 0 Å². The highest BCUT2D eigenvalue weighted by Gasteiger charge is 2.30. The first-order chi connectivity index (χ1) is 13.7. The second-order valence-corrected chi connectivity index (χ2v) is 5.79. The Morgan fingerprint density at radius 2 is 0.900 bits per heavy atom. The van der Waals surface area contributed by atoms with E-state index in [4.69, 9.17) is 46.0 Å². The van der Waals surface area contributed by atoms with Gasteiger partial charge in [-0.05, 0) is 25.7 Å². The van der Waals surface area contributed by atoms with Gasteiger partial charge in [-0.3, -0.25) is 0 Å². The standard InChI is InChI=1S/C8H18O2.2C4H6O6/c1-2-5-8(10)6-3-4-7-9;2*5-1(3(7)8)2(6)4(9)10/h8-10H,2-7H2,1H3;2*1-2,5-6H,(H,7,8)(H,9,10). The van der Waals surface area contributed by atoms with Gasteiger partial charge in [-0.15, -0.1) is 0 Å². The van der Waals surface area contributed by atoms with Crippen LogP contribution in [-0.4, -0.2) is 112 Å². The summed E-state index contributed by atoms with van der Waals surface area (Å²) in [7, 11) is 0. The second kappa shape index (κ2) is 18.7. The molecule has 14 nitrogen and oxygen atoms in total. The lowest BCUT2D eigenvalue weighted by Crippen LogP contribution is -2.39. The molecule has 0 saturated heterocycles. The topological polar surface area (TPSA) is 271 Å². The van der Waals surface area contributed by atoms with Crippen LogP contribution in [0.5, 0.6) is 0 Å². The van der Waals surface area contributed by atoms with Crippen LogP contribution in [0.1, 0.15) is 39.0 Å². The van der Waals surface area contributed by atoms with E-state index in [1.54, 1.807) is 0 Å². The molecule has 0 aromatic carbocycles. The maximum atomic E-state index is 9.77. The number of unbranched alkanes of at least 4 members (excludes halogenated alkanes) is 1. The Bertz CT molecular complexity index is 436. The molecule has 30 heavy (non-hydrogen) atoms. The zero-order chi connectivity index (χ0) is 24.4. The van der Waals surface area contributed by atoms with E-state index in [0.717, 1.165) is 32.1 Å². The van der Waals surface area contributed by atoms with Crippen molar-refractivity contribution in [2.24, 2.45) is 0 Å². The summed E-state index contributed by atoms with van der Waals surface area (Å²) in [5.74, 6) is -7.07. The normalized spacial score (nSPS) is 15.0. The van der Waals surface area contributed by atoms with Crippen LogP contribution in [0.4, 0.5) is 0 Å². The summed E-state index contributed by atoms with van der Waals surface area (Å²) in [5, 5.41) is 82.7. The molecule has 0 heterocycles. The van der Waals surface area contributed by atoms with Crippen LogP contribution in [-0.2, 0) is 19.2 Å². The van der Waals surface area contributed by atoms with Gasteiger partial charge in [0.25, 0.3) is 0 Å². The average Bonchev–Trinajstić information content (AvgIpc) is 2.66. The maximum Gasteiger partial charge on any atom is 0.335 e. The van der Waals surface area contributed by atoms with Gasteiger partial charge in [0.05, 0.1) is 6.10 Å². The zero-order valence-electron chi connectivity index (χ0n) is 16.2. The highest BCUT2D eigenvalue weighted by molar-refractivity contribution is 5.83. The summed E-state index contributed by atoms with van der Waals surface area (Å²) in [6.45, 7) is 2.31. The molecular formula is C16H30O14. The van der Waals surface area contributed by atoms with Crippen molar-refractivity contribution < 1.29 is 70.2 Å². The summed E-state index contributed by atoms with van der Waals surface area (Å²) in [6.07, 6.45) is -4.67. The van der Waals surface area contributed by atoms with E-state index < -0.39 is 48.3 Å². The van der Waals surface area contributed by atoms with Crippen LogP contribution in [0, 0.1) is 0 Å². The van der Waals surface area contributed by atoms with Gasteiger partial charge in [-0.1, -0.05) is 13.3 Å². The Hall–Kier alpha value is -2.36. The van der Waals surface area contributed by atoms with Crippen molar-refractivity contribution in [3.8, 4) is 0 Å². The Labute approximate surface area is 171 Å². The van der Waals surface area contributed by atoms with Gasteiger partial charge in [0.1, 0.15) is 0 Å². The molecule has 0 aliphatic carbocycles. The SMILES string of the molecule is CCCC(O)CCCCO.O=C(O)C(O)C(O)C(=O)O.O=C(O)C(O)C(O)C(=O)O. The predicted molar refractivity (Wildman–Crippen MR) is 96.4 cm³/mol. The van der Waals surface area contributed by atoms with Gasteiger partial charge >= 0.3 is 23.9 Å². The van der Waals surface area contributed by atoms with Crippen molar-refractivity contribution in [1.29, 1.82) is 0 Å². The minimum absolute atomic E-state index is 0.142. The van der Waals surface area contributed by atoms with E-state index in [1.807, 2.05) is 0 Å². The lowest BCUT2D eigenvalue weighted by Gasteiger charge is -2.07. The fraction of sp³-hybridized carbons (Fsp3) is 0.750. The lowest BCUT2D eigenvalue weighted by atomic mass is 10.1. The van der Waals surface area contributed by atoms with Gasteiger partial charge in [0.15, 0.2) is 24.4 Å². The number of aliphatic hydroxyl groups excluding tert-OH is 6. The van der Waals surface area contributed by atoms with E-state index in [9.17, 15) is 24.3 Å². The van der Waals surface area contributed by atoms with Crippen molar-refractivity contribution in [3.05, 3.63) is 0 Å². The molecule has 0 bridgehead atoms. The molecule has 178 valence electrons. The van der Waals surface area contributed by atoms with Gasteiger partial charge in [0, 0.05) is 6.61 Å². The zero-order valence-corrected chi connectivity index (χ0v) is 16.2. The summed E-state index contributed by atoms with van der Waals surface area (Å²) in [4.78, 5) is 39.1. The third-order valence-electron chi connectivity index (χ3n) is 3.18. The Morgan fingerprint density at radius 1 is 0.600 bits per heavy atom. The predicted octanol–water partition coefficient (Wildman–Crippen LogP) is -2.94. The largest absolute Gasteiger partial charge is 0.479 e. The molecule has 0 radical (unpaired) electrons. The molecule has 0 aliphatic heterocycles. The molecular weight excluding hydrogens is 416 g/mol. The molecule has 14 heteroatoms. The third kappa shape index (κ3) is 17.7. The molecule has 0 rings (SSSR count). The number of carboxylic acids is 4. The molecule has 0 aromatic heterocycles. The number of carbonyl (C=O) groups is 4. The third-order valence-corrected chi connectivity index (χ3v) is 3.18. The van der Waals surface area contributed by atoms with Crippen molar-refractivity contribution >= 4 is 23.9 Å². The van der Waals surface area contributed by atoms with E-state index in [0.29, 0.717) is 0 Å². The van der Waals surface area contributed by atoms with Crippen molar-refractivity contribution in [1.82, 2.24) is 0 Å². The minimum atomic E-state index is -2.27. The number of hydrogen-bond acceptors (Lipinski definition) is 10. The molecule has 0 fully saturated rings. The van der Waals surface area contributed by atoms with Crippen LogP contribution in [0.25, 0.3) is 0 Å². The molecule has 0 saturated carbocycles. The van der Waals surface area contributed by atoms with E-state index in [2.05, 4.69) is 6.92 Å². The Morgan fingerprint density at radius 3 is 1.10 bits per heavy atom. The first-order valence-electron chi connectivity index (χ1n) is 8.66. The van der Waals surface area contributed by atoms with Gasteiger partial charge in [-0.25, -0.2) is 19.2 Å². The summed E-state index contributed by atoms with van der Waals surface area (Å²) >= 11 is 0. The van der Waals surface area contributed by atoms with E-state index >= 15 is 0 Å². The number of hydrogen-bond donors (Lipinski definition) is 10. The van der Waals surface area contributed by atoms with Crippen molar-refractivity contribution in [2.75, 3.05) is 6.61 Å². The second-order valence-electron chi connectivity index (χ2n) is 5.79. The lowest BCUT2D eigenvalue weighted by molar-refractivity contribution is -0.165. The quantitative estimate of drug-likeness (QED) is 0.134. The molecule has 5 unspecified atom stereocenters. The maximum absolute atomic E-state index is 9.77. The number of aliphatic carboxylic acids is 4. The van der Waals surface area contributed by atoms with Crippen LogP contribution >= 0.6 is 0 Å². The molecule has 0 aliphatic rings. The molecule has 0 amide bonds. The van der Waals surface area contributed by atoms with Crippen LogP contribution in [0.2, 0.25) is 0 Å². The fourth-order valence-corrected chi connectivity index (χ4v) is 1.51. The Balaban J connectivity index is -0.000000364. The fourth-order valence-electron chi connectivity index (χ4n) is 1.51. The van der Waals surface area contributed by atoms with E-state index in [-0.39, 0.29) is 12.7 Å². The number of carboxylic acid groups (broad SMARTS) is 4. The summed E-state index contributed by atoms with van der Waals surface area (Å²) < 4.78 is 0. The minimum Gasteiger partial charge on any atom is -0.479 e. The molecule has 5 atom stereocenters. The van der Waals surface area contributed by atoms with Crippen LogP contribution in [0.15, 0.2) is 0 Å². The van der Waals surface area contributed by atoms with Gasteiger partial charge in [0.2, 0.25) is 0 Å². The van der Waals surface area contributed by atoms with Crippen molar-refractivity contribution in [2.45, 2.75) is 69.5 Å². The monoisotopic (exact) mass is 446 g/mol. The van der Waals surface area contributed by atoms with Gasteiger partial charge < -0.3 is 51.1 Å². The highest BCUT2D eigenvalue weighted by atomic mass is 16.4. The highest BCUT2D eigenvalue weighted by Crippen LogP contribution is 2.05. The van der Waals surface area contributed by atoms with Crippen LogP contribution in [0.3, 0.4) is 0 Å². The first-order valence-corrected chi connectivity index (χ1v) is 8.66. The first kappa shape index (κ1) is 32.3. The smallest absolute Gasteiger partial charge is 0.335 e. The summed E-state index contributed by atoms with van der Waals surface area (Å²) in [6, 6.07) is 0. The number of aliphatic hydroxyl groups is 6. The average molecular weight is 446 g/mol. The van der Waals surface area contributed by atoms with Crippen molar-refractivity contribution in [3.63, 3.8) is 0 Å².